The molecule has 2 heterocycles. The highest BCUT2D eigenvalue weighted by Gasteiger charge is 2.41. The monoisotopic (exact) mass is 722 g/mol. The van der Waals surface area contributed by atoms with E-state index < -0.39 is 16.9 Å². The van der Waals surface area contributed by atoms with Crippen molar-refractivity contribution in [3.8, 4) is 22.6 Å². The summed E-state index contributed by atoms with van der Waals surface area (Å²) in [4.78, 5) is 28.2. The molecule has 10 heteroatoms. The van der Waals surface area contributed by atoms with E-state index in [-0.39, 0.29) is 11.8 Å². The smallest absolute Gasteiger partial charge is 0.312 e. The minimum atomic E-state index is -1.61. The van der Waals surface area contributed by atoms with Crippen molar-refractivity contribution in [3.63, 3.8) is 0 Å². The van der Waals surface area contributed by atoms with Crippen molar-refractivity contribution in [2.24, 2.45) is 0 Å². The zero-order chi connectivity index (χ0) is 35.6. The molecule has 0 aliphatic carbocycles. The fraction of sp³-hybridized carbons (Fsp3) is 0.0952. The van der Waals surface area contributed by atoms with Crippen LogP contribution >= 0.6 is 16.9 Å². The molecular weight excluding hydrogens is 686 g/mol. The van der Waals surface area contributed by atoms with Gasteiger partial charge in [0.25, 0.3) is 11.8 Å². The van der Waals surface area contributed by atoms with E-state index in [2.05, 4.69) is 9.34 Å². The van der Waals surface area contributed by atoms with Gasteiger partial charge in [-0.25, -0.2) is 0 Å². The van der Waals surface area contributed by atoms with Gasteiger partial charge in [0.2, 0.25) is 0 Å². The molecule has 2 aliphatic rings. The van der Waals surface area contributed by atoms with Crippen LogP contribution in [0.25, 0.3) is 11.1 Å². The first-order chi connectivity index (χ1) is 25.5. The summed E-state index contributed by atoms with van der Waals surface area (Å²) >= 11 is 0. The molecule has 258 valence electrons. The van der Waals surface area contributed by atoms with Gasteiger partial charge in [-0.3, -0.25) is 18.9 Å². The van der Waals surface area contributed by atoms with E-state index in [9.17, 15) is 9.59 Å². The average molecular weight is 723 g/mol. The number of hydrogen-bond donors (Lipinski definition) is 0. The molecule has 0 fully saturated rings. The Bertz CT molecular complexity index is 2080. The van der Waals surface area contributed by atoms with Gasteiger partial charge in [-0.05, 0) is 47.5 Å². The third-order valence-corrected chi connectivity index (χ3v) is 12.8. The van der Waals surface area contributed by atoms with E-state index >= 15 is 0 Å². The molecule has 52 heavy (non-hydrogen) atoms. The molecule has 0 saturated carbocycles. The van der Waals surface area contributed by atoms with Crippen LogP contribution in [0.2, 0.25) is 0 Å². The van der Waals surface area contributed by atoms with Gasteiger partial charge < -0.3 is 18.4 Å². The van der Waals surface area contributed by atoms with E-state index in [0.717, 1.165) is 33.6 Å². The van der Waals surface area contributed by atoms with E-state index in [0.29, 0.717) is 35.7 Å². The largest absolute Gasteiger partial charge is 0.436 e. The zero-order valence-corrected chi connectivity index (χ0v) is 30.5. The third-order valence-electron chi connectivity index (χ3n) is 9.14. The van der Waals surface area contributed by atoms with Crippen LogP contribution in [0.15, 0.2) is 158 Å². The van der Waals surface area contributed by atoms with Gasteiger partial charge in [0.15, 0.2) is 0 Å². The molecule has 6 aromatic rings. The summed E-state index contributed by atoms with van der Waals surface area (Å²) < 4.78 is 21.7. The molecule has 8 rings (SSSR count). The highest BCUT2D eigenvalue weighted by molar-refractivity contribution is 7.53. The lowest BCUT2D eigenvalue weighted by Gasteiger charge is -2.42. The highest BCUT2D eigenvalue weighted by Crippen LogP contribution is 2.57. The lowest BCUT2D eigenvalue weighted by molar-refractivity contribution is 0.0839. The molecule has 2 amide bonds. The molecule has 0 saturated heterocycles. The van der Waals surface area contributed by atoms with Crippen LogP contribution in [-0.4, -0.2) is 35.3 Å². The summed E-state index contributed by atoms with van der Waals surface area (Å²) in [5.74, 6) is 1.09. The van der Waals surface area contributed by atoms with Crippen molar-refractivity contribution < 1.29 is 18.6 Å². The number of anilines is 2. The van der Waals surface area contributed by atoms with Crippen LogP contribution in [0.5, 0.6) is 11.5 Å². The Hall–Kier alpha value is -5.68. The van der Waals surface area contributed by atoms with Crippen LogP contribution in [-0.2, 0) is 13.1 Å². The topological polar surface area (TPSA) is 65.6 Å². The summed E-state index contributed by atoms with van der Waals surface area (Å²) in [5.41, 5.74) is 6.61. The maximum absolute atomic E-state index is 14.1. The first kappa shape index (κ1) is 33.5. The van der Waals surface area contributed by atoms with Crippen molar-refractivity contribution in [2.45, 2.75) is 13.1 Å². The van der Waals surface area contributed by atoms with Crippen molar-refractivity contribution in [1.82, 2.24) is 9.34 Å². The molecule has 0 N–H and O–H groups in total. The molecule has 0 bridgehead atoms. The van der Waals surface area contributed by atoms with Gasteiger partial charge >= 0.3 is 16.9 Å². The molecule has 2 atom stereocenters. The fourth-order valence-corrected chi connectivity index (χ4v) is 10.1. The Kier molecular flexibility index (Phi) is 9.34. The number of fused-ring (bicyclic) bond motifs is 2. The number of rotatable bonds is 9. The van der Waals surface area contributed by atoms with Crippen molar-refractivity contribution in [2.75, 3.05) is 23.4 Å². The summed E-state index contributed by atoms with van der Waals surface area (Å²) in [6, 6.07) is 51.0. The van der Waals surface area contributed by atoms with Crippen molar-refractivity contribution >= 4 is 40.1 Å². The van der Waals surface area contributed by atoms with Gasteiger partial charge in [0, 0.05) is 25.2 Å². The Morgan fingerprint density at radius 3 is 1.15 bits per heavy atom. The van der Waals surface area contributed by atoms with Gasteiger partial charge in [-0.1, -0.05) is 121 Å². The lowest BCUT2D eigenvalue weighted by atomic mass is 10.0. The van der Waals surface area contributed by atoms with Gasteiger partial charge in [-0.2, -0.15) is 0 Å². The number of carbonyl (C=O) groups is 2. The third kappa shape index (κ3) is 6.36. The molecule has 6 aromatic carbocycles. The number of carbonyl (C=O) groups excluding carboxylic acids is 2. The summed E-state index contributed by atoms with van der Waals surface area (Å²) in [5, 5.41) is 0. The molecular formula is C42H36N4O4P2. The Morgan fingerprint density at radius 1 is 0.423 bits per heavy atom. The SMILES string of the molecule is CN1c2ccccc2C(=O)N(Cc2ccccc2)P1Oc1ccccc1-c1ccccc1OP1N(Cc2ccccc2)C(=O)c2ccccc2N1C. The second-order valence-corrected chi connectivity index (χ2v) is 16.0. The molecule has 0 spiro atoms. The highest BCUT2D eigenvalue weighted by atomic mass is 31.2. The van der Waals surface area contributed by atoms with Gasteiger partial charge in [0.05, 0.1) is 35.6 Å². The summed E-state index contributed by atoms with van der Waals surface area (Å²) in [6.45, 7) is 0.796. The zero-order valence-electron chi connectivity index (χ0n) is 28.7. The maximum atomic E-state index is 14.1. The molecule has 0 aromatic heterocycles. The van der Waals surface area contributed by atoms with Crippen molar-refractivity contribution in [1.29, 1.82) is 0 Å². The van der Waals surface area contributed by atoms with Gasteiger partial charge in [0.1, 0.15) is 11.5 Å². The standard InChI is InChI=1S/C42H36N4O4P2/c1-43-37-25-13-9-23-35(37)41(47)45(29-31-17-5-3-6-18-31)51(43)49-39-27-15-11-21-33(39)34-22-12-16-28-40(34)50-52-44(2)38-26-14-10-24-36(38)42(48)46(52)30-32-19-7-4-8-20-32/h3-28H,29-30H2,1-2H3. The number of para-hydroxylation sites is 4. The second kappa shape index (κ2) is 14.5. The Morgan fingerprint density at radius 2 is 0.750 bits per heavy atom. The number of amides is 2. The van der Waals surface area contributed by atoms with E-state index in [1.165, 1.54) is 0 Å². The van der Waals surface area contributed by atoms with Crippen LogP contribution in [0.1, 0.15) is 31.8 Å². The number of nitrogens with zero attached hydrogens (tertiary/aromatic N) is 4. The van der Waals surface area contributed by atoms with Crippen LogP contribution in [0, 0.1) is 0 Å². The minimum Gasteiger partial charge on any atom is -0.436 e. The molecule has 2 unspecified atom stereocenters. The van der Waals surface area contributed by atoms with E-state index in [1.54, 1.807) is 0 Å². The lowest BCUT2D eigenvalue weighted by Crippen LogP contribution is -2.38. The predicted octanol–water partition coefficient (Wildman–Crippen LogP) is 10.1. The quantitative estimate of drug-likeness (QED) is 0.139. The molecule has 2 aliphatic heterocycles. The minimum absolute atomic E-state index is 0.0727. The van der Waals surface area contributed by atoms with Gasteiger partial charge in [-0.15, -0.1) is 0 Å². The first-order valence-electron chi connectivity index (χ1n) is 17.0. The Balaban J connectivity index is 1.16. The Labute approximate surface area is 306 Å². The second-order valence-electron chi connectivity index (χ2n) is 12.5. The van der Waals surface area contributed by atoms with E-state index in [1.807, 2.05) is 181 Å². The van der Waals surface area contributed by atoms with Crippen LogP contribution < -0.4 is 18.4 Å². The predicted molar refractivity (Wildman–Crippen MR) is 209 cm³/mol. The molecule has 8 nitrogen and oxygen atoms in total. The molecule has 0 radical (unpaired) electrons. The normalized spacial score (nSPS) is 16.7. The number of benzene rings is 6. The first-order valence-corrected chi connectivity index (χ1v) is 19.3. The maximum Gasteiger partial charge on any atom is 0.312 e. The van der Waals surface area contributed by atoms with Crippen LogP contribution in [0.3, 0.4) is 0 Å². The van der Waals surface area contributed by atoms with E-state index in [4.69, 9.17) is 9.05 Å². The average Bonchev–Trinajstić information content (AvgIpc) is 3.20. The fourth-order valence-electron chi connectivity index (χ4n) is 6.53. The number of hydrogen-bond acceptors (Lipinski definition) is 6. The summed E-state index contributed by atoms with van der Waals surface area (Å²) in [7, 11) is 0.730. The van der Waals surface area contributed by atoms with Crippen molar-refractivity contribution in [3.05, 3.63) is 180 Å². The summed E-state index contributed by atoms with van der Waals surface area (Å²) in [6.07, 6.45) is 0. The van der Waals surface area contributed by atoms with Crippen LogP contribution in [0.4, 0.5) is 11.4 Å².